The van der Waals surface area contributed by atoms with E-state index in [1.54, 1.807) is 11.9 Å². The van der Waals surface area contributed by atoms with Crippen molar-refractivity contribution in [2.75, 3.05) is 18.5 Å². The van der Waals surface area contributed by atoms with Crippen LogP contribution in [0.15, 0.2) is 12.1 Å². The van der Waals surface area contributed by atoms with Crippen molar-refractivity contribution in [3.8, 4) is 0 Å². The van der Waals surface area contributed by atoms with Crippen molar-refractivity contribution in [2.24, 2.45) is 11.7 Å². The third-order valence-corrected chi connectivity index (χ3v) is 3.34. The number of nitrogens with zero attached hydrogens (tertiary/aromatic N) is 1. The quantitative estimate of drug-likeness (QED) is 0.859. The van der Waals surface area contributed by atoms with Crippen LogP contribution in [0.5, 0.6) is 0 Å². The Kier molecular flexibility index (Phi) is 5.73. The van der Waals surface area contributed by atoms with Crippen LogP contribution in [0.1, 0.15) is 32.8 Å². The van der Waals surface area contributed by atoms with E-state index in [1.807, 2.05) is 6.92 Å². The van der Waals surface area contributed by atoms with Gasteiger partial charge in [-0.1, -0.05) is 13.8 Å². The number of hydrogen-bond donors (Lipinski definition) is 1. The van der Waals surface area contributed by atoms with Crippen molar-refractivity contribution in [1.29, 1.82) is 0 Å². The van der Waals surface area contributed by atoms with Gasteiger partial charge in [0.1, 0.15) is 17.3 Å². The molecule has 0 aliphatic carbocycles. The van der Waals surface area contributed by atoms with Crippen molar-refractivity contribution in [2.45, 2.75) is 39.7 Å². The van der Waals surface area contributed by atoms with Gasteiger partial charge in [0.15, 0.2) is 0 Å². The minimum absolute atomic E-state index is 0.0499. The van der Waals surface area contributed by atoms with Gasteiger partial charge < -0.3 is 10.6 Å². The molecule has 0 radical (unpaired) electrons. The smallest absolute Gasteiger partial charge is 0.149 e. The van der Waals surface area contributed by atoms with Gasteiger partial charge in [-0.25, -0.2) is 8.78 Å². The Morgan fingerprint density at radius 2 is 1.68 bits per heavy atom. The van der Waals surface area contributed by atoms with E-state index in [0.717, 1.165) is 6.42 Å². The number of nitrogens with two attached hydrogens (primary N) is 1. The van der Waals surface area contributed by atoms with Crippen LogP contribution in [-0.4, -0.2) is 19.6 Å². The van der Waals surface area contributed by atoms with Crippen molar-refractivity contribution < 1.29 is 8.78 Å². The summed E-state index contributed by atoms with van der Waals surface area (Å²) < 4.78 is 28.1. The molecule has 0 spiro atoms. The van der Waals surface area contributed by atoms with Gasteiger partial charge in [-0.15, -0.1) is 0 Å². The number of anilines is 1. The molecule has 1 aromatic carbocycles. The highest BCUT2D eigenvalue weighted by Gasteiger charge is 2.19. The van der Waals surface area contributed by atoms with Crippen molar-refractivity contribution in [3.05, 3.63) is 29.3 Å². The molecule has 19 heavy (non-hydrogen) atoms. The molecule has 0 saturated heterocycles. The first-order valence-corrected chi connectivity index (χ1v) is 6.77. The van der Waals surface area contributed by atoms with Gasteiger partial charge in [-0.3, -0.25) is 0 Å². The molecule has 1 aromatic rings. The first kappa shape index (κ1) is 15.9. The van der Waals surface area contributed by atoms with Crippen LogP contribution in [0.2, 0.25) is 0 Å². The highest BCUT2D eigenvalue weighted by Crippen LogP contribution is 2.27. The molecule has 1 rings (SSSR count). The maximum Gasteiger partial charge on any atom is 0.149 e. The first-order chi connectivity index (χ1) is 8.86. The summed E-state index contributed by atoms with van der Waals surface area (Å²) in [5, 5.41) is 0. The topological polar surface area (TPSA) is 29.3 Å². The lowest BCUT2D eigenvalue weighted by atomic mass is 10.0. The molecule has 0 bridgehead atoms. The van der Waals surface area contributed by atoms with E-state index in [0.29, 0.717) is 24.4 Å². The number of rotatable bonds is 6. The third kappa shape index (κ3) is 4.16. The van der Waals surface area contributed by atoms with Crippen LogP contribution in [0.3, 0.4) is 0 Å². The summed E-state index contributed by atoms with van der Waals surface area (Å²) in [5.41, 5.74) is 6.06. The van der Waals surface area contributed by atoms with E-state index in [9.17, 15) is 8.78 Å². The molecule has 108 valence electrons. The molecule has 0 aliphatic heterocycles. The maximum absolute atomic E-state index is 14.1. The fourth-order valence-corrected chi connectivity index (χ4v) is 2.33. The second-order valence-electron chi connectivity index (χ2n) is 5.54. The predicted molar refractivity (Wildman–Crippen MR) is 76.4 cm³/mol. The highest BCUT2D eigenvalue weighted by atomic mass is 19.1. The predicted octanol–water partition coefficient (Wildman–Crippen LogP) is 3.34. The van der Waals surface area contributed by atoms with E-state index in [-0.39, 0.29) is 11.7 Å². The molecule has 0 aromatic heterocycles. The van der Waals surface area contributed by atoms with E-state index in [1.165, 1.54) is 12.1 Å². The number of benzene rings is 1. The molecule has 1 atom stereocenters. The highest BCUT2D eigenvalue weighted by molar-refractivity contribution is 5.51. The fourth-order valence-electron chi connectivity index (χ4n) is 2.33. The van der Waals surface area contributed by atoms with Gasteiger partial charge in [0, 0.05) is 13.1 Å². The van der Waals surface area contributed by atoms with Crippen LogP contribution in [-0.2, 0) is 6.42 Å². The Balaban J connectivity index is 2.99. The molecular weight excluding hydrogens is 246 g/mol. The SMILES string of the molecule is CC(C)CC(C)N(C)c1c(F)cc(CCN)cc1F. The van der Waals surface area contributed by atoms with Gasteiger partial charge >= 0.3 is 0 Å². The molecular formula is C15H24F2N2. The molecule has 1 unspecified atom stereocenters. The lowest BCUT2D eigenvalue weighted by Gasteiger charge is -2.29. The van der Waals surface area contributed by atoms with Gasteiger partial charge in [0.05, 0.1) is 0 Å². The van der Waals surface area contributed by atoms with Crippen molar-refractivity contribution in [3.63, 3.8) is 0 Å². The maximum atomic E-state index is 14.1. The Hall–Kier alpha value is -1.16. The number of hydrogen-bond acceptors (Lipinski definition) is 2. The Morgan fingerprint density at radius 3 is 2.11 bits per heavy atom. The number of halogens is 2. The van der Waals surface area contributed by atoms with Crippen LogP contribution in [0, 0.1) is 17.6 Å². The fraction of sp³-hybridized carbons (Fsp3) is 0.600. The van der Waals surface area contributed by atoms with Crippen LogP contribution in [0.25, 0.3) is 0 Å². The van der Waals surface area contributed by atoms with Crippen LogP contribution < -0.4 is 10.6 Å². The minimum atomic E-state index is -0.512. The van der Waals surface area contributed by atoms with E-state index >= 15 is 0 Å². The second-order valence-corrected chi connectivity index (χ2v) is 5.54. The van der Waals surface area contributed by atoms with Gasteiger partial charge in [-0.05, 0) is 49.9 Å². The molecule has 0 amide bonds. The molecule has 2 nitrogen and oxygen atoms in total. The van der Waals surface area contributed by atoms with Crippen molar-refractivity contribution in [1.82, 2.24) is 0 Å². The largest absolute Gasteiger partial charge is 0.367 e. The summed E-state index contributed by atoms with van der Waals surface area (Å²) in [5.74, 6) is -0.539. The standard InChI is InChI=1S/C15H24F2N2/c1-10(2)7-11(3)19(4)15-13(16)8-12(5-6-18)9-14(15)17/h8-11H,5-7,18H2,1-4H3. The monoisotopic (exact) mass is 270 g/mol. The Bertz CT molecular complexity index is 396. The van der Waals surface area contributed by atoms with Gasteiger partial charge in [0.2, 0.25) is 0 Å². The van der Waals surface area contributed by atoms with Crippen LogP contribution in [0.4, 0.5) is 14.5 Å². The molecule has 0 heterocycles. The lowest BCUT2D eigenvalue weighted by molar-refractivity contribution is 0.488. The molecule has 0 saturated carbocycles. The Morgan fingerprint density at radius 1 is 1.16 bits per heavy atom. The first-order valence-electron chi connectivity index (χ1n) is 6.77. The third-order valence-electron chi connectivity index (χ3n) is 3.34. The molecule has 0 aliphatic rings. The van der Waals surface area contributed by atoms with Gasteiger partial charge in [-0.2, -0.15) is 0 Å². The summed E-state index contributed by atoms with van der Waals surface area (Å²) in [4.78, 5) is 1.68. The zero-order valence-corrected chi connectivity index (χ0v) is 12.2. The second kappa shape index (κ2) is 6.85. The molecule has 2 N–H and O–H groups in total. The summed E-state index contributed by atoms with van der Waals surface area (Å²) in [6, 6.07) is 2.85. The van der Waals surface area contributed by atoms with E-state index < -0.39 is 11.6 Å². The molecule has 0 fully saturated rings. The summed E-state index contributed by atoms with van der Waals surface area (Å²) >= 11 is 0. The normalized spacial score (nSPS) is 12.8. The lowest BCUT2D eigenvalue weighted by Crippen LogP contribution is -2.31. The van der Waals surface area contributed by atoms with E-state index in [4.69, 9.17) is 5.73 Å². The summed E-state index contributed by atoms with van der Waals surface area (Å²) in [7, 11) is 1.73. The average Bonchev–Trinajstić information content (AvgIpc) is 2.27. The Labute approximate surface area is 114 Å². The minimum Gasteiger partial charge on any atom is -0.367 e. The van der Waals surface area contributed by atoms with Gasteiger partial charge in [0.25, 0.3) is 0 Å². The summed E-state index contributed by atoms with van der Waals surface area (Å²) in [6.45, 7) is 6.56. The van der Waals surface area contributed by atoms with E-state index in [2.05, 4.69) is 13.8 Å². The zero-order chi connectivity index (χ0) is 14.6. The van der Waals surface area contributed by atoms with Crippen molar-refractivity contribution >= 4 is 5.69 Å². The molecule has 4 heteroatoms. The average molecular weight is 270 g/mol. The zero-order valence-electron chi connectivity index (χ0n) is 12.2. The summed E-state index contributed by atoms with van der Waals surface area (Å²) in [6.07, 6.45) is 1.37. The van der Waals surface area contributed by atoms with Crippen LogP contribution >= 0.6 is 0 Å².